The highest BCUT2D eigenvalue weighted by molar-refractivity contribution is 7.13. The van der Waals surface area contributed by atoms with Crippen molar-refractivity contribution in [2.45, 2.75) is 13.0 Å². The largest absolute Gasteiger partial charge is 0.372 e. The molecule has 2 aromatic carbocycles. The predicted molar refractivity (Wildman–Crippen MR) is 124 cm³/mol. The number of hydrogen-bond acceptors (Lipinski definition) is 6. The van der Waals surface area contributed by atoms with Crippen LogP contribution in [0.25, 0.3) is 16.3 Å². The molecule has 2 aromatic heterocycles. The average molecular weight is 448 g/mol. The minimum atomic E-state index is -0.576. The second-order valence-corrected chi connectivity index (χ2v) is 7.81. The van der Waals surface area contributed by atoms with Crippen LogP contribution in [0.5, 0.6) is 0 Å². The van der Waals surface area contributed by atoms with Gasteiger partial charge >= 0.3 is 0 Å². The summed E-state index contributed by atoms with van der Waals surface area (Å²) in [6, 6.07) is 16.7. The van der Waals surface area contributed by atoms with Gasteiger partial charge in [-0.05, 0) is 37.3 Å². The SMILES string of the molecule is COC(C)C(=O)Nc1cccc(NC(=O)c2csc(-c3cnn(-c4ccccc4)c3)n2)c1. The summed E-state index contributed by atoms with van der Waals surface area (Å²) in [4.78, 5) is 29.1. The number of nitrogens with zero attached hydrogens (tertiary/aromatic N) is 3. The summed E-state index contributed by atoms with van der Waals surface area (Å²) in [6.07, 6.45) is 3.02. The number of ether oxygens (including phenoxy) is 1. The number of carbonyl (C=O) groups excluding carboxylic acids is 2. The van der Waals surface area contributed by atoms with Crippen molar-refractivity contribution in [3.8, 4) is 16.3 Å². The molecular formula is C23H21N5O3S. The Labute approximate surface area is 188 Å². The molecule has 0 aliphatic carbocycles. The third-order valence-corrected chi connectivity index (χ3v) is 5.59. The van der Waals surface area contributed by atoms with Crippen molar-refractivity contribution in [2.24, 2.45) is 0 Å². The highest BCUT2D eigenvalue weighted by Gasteiger charge is 2.15. The first kappa shape index (κ1) is 21.4. The van der Waals surface area contributed by atoms with Gasteiger partial charge in [-0.15, -0.1) is 11.3 Å². The molecule has 32 heavy (non-hydrogen) atoms. The van der Waals surface area contributed by atoms with Crippen molar-refractivity contribution in [3.05, 3.63) is 78.1 Å². The number of methoxy groups -OCH3 is 1. The smallest absolute Gasteiger partial charge is 0.275 e. The van der Waals surface area contributed by atoms with Crippen LogP contribution in [0.4, 0.5) is 11.4 Å². The zero-order chi connectivity index (χ0) is 22.5. The maximum Gasteiger partial charge on any atom is 0.275 e. The lowest BCUT2D eigenvalue weighted by Crippen LogP contribution is -2.26. The Kier molecular flexibility index (Phi) is 6.39. The number of anilines is 2. The van der Waals surface area contributed by atoms with Crippen molar-refractivity contribution >= 4 is 34.5 Å². The molecule has 0 spiro atoms. The number of para-hydroxylation sites is 1. The lowest BCUT2D eigenvalue weighted by atomic mass is 10.2. The van der Waals surface area contributed by atoms with Crippen molar-refractivity contribution in [3.63, 3.8) is 0 Å². The predicted octanol–water partition coefficient (Wildman–Crippen LogP) is 4.22. The van der Waals surface area contributed by atoms with Crippen LogP contribution < -0.4 is 10.6 Å². The van der Waals surface area contributed by atoms with E-state index in [1.165, 1.54) is 18.4 Å². The number of hydrogen-bond donors (Lipinski definition) is 2. The van der Waals surface area contributed by atoms with Crippen LogP contribution in [-0.4, -0.2) is 39.8 Å². The van der Waals surface area contributed by atoms with Crippen LogP contribution in [0.1, 0.15) is 17.4 Å². The van der Waals surface area contributed by atoms with Gasteiger partial charge in [0, 0.05) is 35.6 Å². The fraction of sp³-hybridized carbons (Fsp3) is 0.130. The molecule has 8 nitrogen and oxygen atoms in total. The summed E-state index contributed by atoms with van der Waals surface area (Å²) in [5, 5.41) is 12.3. The van der Waals surface area contributed by atoms with Gasteiger partial charge in [-0.1, -0.05) is 24.3 Å². The van der Waals surface area contributed by atoms with Crippen molar-refractivity contribution in [1.29, 1.82) is 0 Å². The third-order valence-electron chi connectivity index (χ3n) is 4.70. The number of rotatable bonds is 7. The highest BCUT2D eigenvalue weighted by atomic mass is 32.1. The van der Waals surface area contributed by atoms with Gasteiger partial charge in [-0.2, -0.15) is 5.10 Å². The lowest BCUT2D eigenvalue weighted by Gasteiger charge is -2.11. The number of carbonyl (C=O) groups is 2. The minimum Gasteiger partial charge on any atom is -0.372 e. The number of benzene rings is 2. The summed E-state index contributed by atoms with van der Waals surface area (Å²) < 4.78 is 6.77. The Balaban J connectivity index is 1.44. The molecule has 4 aromatic rings. The van der Waals surface area contributed by atoms with Crippen molar-refractivity contribution in [2.75, 3.05) is 17.7 Å². The summed E-state index contributed by atoms with van der Waals surface area (Å²) in [5.41, 5.74) is 3.18. The Morgan fingerprint density at radius 2 is 1.81 bits per heavy atom. The van der Waals surface area contributed by atoms with E-state index in [1.807, 2.05) is 36.5 Å². The van der Waals surface area contributed by atoms with Crippen LogP contribution >= 0.6 is 11.3 Å². The van der Waals surface area contributed by atoms with E-state index in [4.69, 9.17) is 4.74 Å². The molecule has 0 aliphatic rings. The molecule has 1 atom stereocenters. The Bertz CT molecular complexity index is 1240. The van der Waals surface area contributed by atoms with Gasteiger partial charge in [0.1, 0.15) is 16.8 Å². The standard InChI is InChI=1S/C23H21N5O3S/c1-15(31-2)21(29)25-17-7-6-8-18(11-17)26-22(30)20-14-32-23(27-20)16-12-24-28(13-16)19-9-4-3-5-10-19/h3-15H,1-2H3,(H,25,29)(H,26,30). The summed E-state index contributed by atoms with van der Waals surface area (Å²) in [7, 11) is 1.47. The van der Waals surface area contributed by atoms with E-state index in [0.29, 0.717) is 22.1 Å². The Morgan fingerprint density at radius 1 is 1.06 bits per heavy atom. The first-order valence-corrected chi connectivity index (χ1v) is 10.7. The Morgan fingerprint density at radius 3 is 2.56 bits per heavy atom. The van der Waals surface area contributed by atoms with E-state index in [9.17, 15) is 9.59 Å². The number of amides is 2. The quantitative estimate of drug-likeness (QED) is 0.442. The first-order chi connectivity index (χ1) is 15.5. The van der Waals surface area contributed by atoms with Crippen LogP contribution in [0.3, 0.4) is 0 Å². The van der Waals surface area contributed by atoms with Gasteiger partial charge in [-0.3, -0.25) is 9.59 Å². The van der Waals surface area contributed by atoms with Gasteiger partial charge in [0.05, 0.1) is 11.9 Å². The average Bonchev–Trinajstić information content (AvgIpc) is 3.49. The monoisotopic (exact) mass is 447 g/mol. The lowest BCUT2D eigenvalue weighted by molar-refractivity contribution is -0.124. The van der Waals surface area contributed by atoms with Gasteiger partial charge < -0.3 is 15.4 Å². The van der Waals surface area contributed by atoms with E-state index >= 15 is 0 Å². The highest BCUT2D eigenvalue weighted by Crippen LogP contribution is 2.25. The number of thiazole rings is 1. The third kappa shape index (κ3) is 4.90. The summed E-state index contributed by atoms with van der Waals surface area (Å²) in [6.45, 7) is 1.66. The van der Waals surface area contributed by atoms with Gasteiger partial charge in [0.15, 0.2) is 0 Å². The molecule has 4 rings (SSSR count). The van der Waals surface area contributed by atoms with Crippen LogP contribution in [0, 0.1) is 0 Å². The molecule has 1 unspecified atom stereocenters. The summed E-state index contributed by atoms with van der Waals surface area (Å²) >= 11 is 1.37. The molecule has 0 saturated heterocycles. The van der Waals surface area contributed by atoms with E-state index in [1.54, 1.807) is 47.4 Å². The van der Waals surface area contributed by atoms with Gasteiger partial charge in [0.25, 0.3) is 11.8 Å². The molecular weight excluding hydrogens is 426 g/mol. The maximum absolute atomic E-state index is 12.7. The molecule has 0 bridgehead atoms. The van der Waals surface area contributed by atoms with Gasteiger partial charge in [0.2, 0.25) is 0 Å². The minimum absolute atomic E-state index is 0.267. The van der Waals surface area contributed by atoms with E-state index in [-0.39, 0.29) is 11.8 Å². The molecule has 0 fully saturated rings. The molecule has 2 amide bonds. The van der Waals surface area contributed by atoms with Crippen LogP contribution in [0.2, 0.25) is 0 Å². The molecule has 0 saturated carbocycles. The van der Waals surface area contributed by atoms with E-state index in [2.05, 4.69) is 20.7 Å². The summed E-state index contributed by atoms with van der Waals surface area (Å²) in [5.74, 6) is -0.604. The number of nitrogens with one attached hydrogen (secondary N) is 2. The van der Waals surface area contributed by atoms with Gasteiger partial charge in [-0.25, -0.2) is 9.67 Å². The van der Waals surface area contributed by atoms with E-state index in [0.717, 1.165) is 11.3 Å². The molecule has 0 radical (unpaired) electrons. The molecule has 162 valence electrons. The molecule has 2 heterocycles. The Hall–Kier alpha value is -3.82. The fourth-order valence-corrected chi connectivity index (χ4v) is 3.66. The maximum atomic E-state index is 12.7. The molecule has 2 N–H and O–H groups in total. The molecule has 0 aliphatic heterocycles. The molecule has 9 heteroatoms. The zero-order valence-electron chi connectivity index (χ0n) is 17.5. The first-order valence-electron chi connectivity index (χ1n) is 9.84. The van der Waals surface area contributed by atoms with Crippen LogP contribution in [-0.2, 0) is 9.53 Å². The van der Waals surface area contributed by atoms with Crippen molar-refractivity contribution in [1.82, 2.24) is 14.8 Å². The number of aromatic nitrogens is 3. The van der Waals surface area contributed by atoms with E-state index < -0.39 is 6.10 Å². The second kappa shape index (κ2) is 9.54. The zero-order valence-corrected chi connectivity index (χ0v) is 18.3. The topological polar surface area (TPSA) is 98.1 Å². The van der Waals surface area contributed by atoms with Crippen LogP contribution in [0.15, 0.2) is 72.4 Å². The fourth-order valence-electron chi connectivity index (χ4n) is 2.89. The second-order valence-electron chi connectivity index (χ2n) is 6.95. The normalized spacial score (nSPS) is 11.7. The van der Waals surface area contributed by atoms with Crippen molar-refractivity contribution < 1.29 is 14.3 Å².